The summed E-state index contributed by atoms with van der Waals surface area (Å²) in [5, 5.41) is 6.57. The first kappa shape index (κ1) is 17.2. The van der Waals surface area contributed by atoms with E-state index in [0.29, 0.717) is 27.1 Å². The van der Waals surface area contributed by atoms with Crippen LogP contribution in [0.1, 0.15) is 10.5 Å². The molecule has 0 fully saturated rings. The quantitative estimate of drug-likeness (QED) is 0.630. The number of anilines is 3. The van der Waals surface area contributed by atoms with Crippen LogP contribution in [0.2, 0.25) is 10.0 Å². The fourth-order valence-corrected chi connectivity index (χ4v) is 2.43. The third-order valence-corrected chi connectivity index (χ3v) is 4.15. The highest BCUT2D eigenvalue weighted by molar-refractivity contribution is 6.43. The lowest BCUT2D eigenvalue weighted by Gasteiger charge is -2.10. The van der Waals surface area contributed by atoms with E-state index in [-0.39, 0.29) is 17.4 Å². The van der Waals surface area contributed by atoms with Crippen molar-refractivity contribution in [2.45, 2.75) is 0 Å². The maximum absolute atomic E-state index is 12.9. The van der Waals surface area contributed by atoms with Gasteiger partial charge in [0, 0.05) is 5.69 Å². The van der Waals surface area contributed by atoms with Gasteiger partial charge in [0.15, 0.2) is 0 Å². The fraction of sp³-hybridized carbons (Fsp3) is 0. The van der Waals surface area contributed by atoms with Gasteiger partial charge in [-0.15, -0.1) is 0 Å². The van der Waals surface area contributed by atoms with Crippen molar-refractivity contribution in [2.24, 2.45) is 0 Å². The number of carbonyl (C=O) groups excluding carboxylic acids is 1. The van der Waals surface area contributed by atoms with Crippen LogP contribution in [0.4, 0.5) is 21.5 Å². The molecule has 7 heteroatoms. The lowest BCUT2D eigenvalue weighted by molar-refractivity contribution is 0.102. The van der Waals surface area contributed by atoms with E-state index in [4.69, 9.17) is 23.2 Å². The molecule has 0 radical (unpaired) electrons. The molecule has 126 valence electrons. The number of carbonyl (C=O) groups is 1. The molecule has 1 amide bonds. The Morgan fingerprint density at radius 2 is 1.68 bits per heavy atom. The highest BCUT2D eigenvalue weighted by atomic mass is 35.5. The van der Waals surface area contributed by atoms with Gasteiger partial charge < -0.3 is 10.6 Å². The SMILES string of the molecule is O=C(Nc1ccc(F)cc1)c1ccc(Nc2cccc(Cl)c2Cl)cn1. The van der Waals surface area contributed by atoms with Crippen LogP contribution in [0.25, 0.3) is 0 Å². The van der Waals surface area contributed by atoms with Gasteiger partial charge in [-0.2, -0.15) is 0 Å². The summed E-state index contributed by atoms with van der Waals surface area (Å²) in [6.45, 7) is 0. The first-order valence-corrected chi connectivity index (χ1v) is 8.02. The van der Waals surface area contributed by atoms with E-state index >= 15 is 0 Å². The van der Waals surface area contributed by atoms with Gasteiger partial charge >= 0.3 is 0 Å². The maximum Gasteiger partial charge on any atom is 0.274 e. The first-order valence-electron chi connectivity index (χ1n) is 7.27. The summed E-state index contributed by atoms with van der Waals surface area (Å²) in [5.74, 6) is -0.759. The molecule has 0 aliphatic carbocycles. The number of nitrogens with one attached hydrogen (secondary N) is 2. The van der Waals surface area contributed by atoms with Crippen molar-refractivity contribution >= 4 is 46.2 Å². The van der Waals surface area contributed by atoms with Crippen molar-refractivity contribution in [3.8, 4) is 0 Å². The van der Waals surface area contributed by atoms with Crippen LogP contribution in [0.3, 0.4) is 0 Å². The average Bonchev–Trinajstić information content (AvgIpc) is 2.61. The molecule has 0 saturated carbocycles. The van der Waals surface area contributed by atoms with E-state index in [0.717, 1.165) is 0 Å². The summed E-state index contributed by atoms with van der Waals surface area (Å²) in [6, 6.07) is 14.0. The number of hydrogen-bond acceptors (Lipinski definition) is 3. The summed E-state index contributed by atoms with van der Waals surface area (Å²) in [6.07, 6.45) is 1.51. The molecule has 2 N–H and O–H groups in total. The molecule has 0 aliphatic heterocycles. The summed E-state index contributed by atoms with van der Waals surface area (Å²) >= 11 is 12.1. The van der Waals surface area contributed by atoms with E-state index in [1.807, 2.05) is 0 Å². The normalized spacial score (nSPS) is 10.4. The van der Waals surface area contributed by atoms with Crippen molar-refractivity contribution in [1.82, 2.24) is 4.98 Å². The molecular formula is C18H12Cl2FN3O. The van der Waals surface area contributed by atoms with Gasteiger partial charge in [0.2, 0.25) is 0 Å². The third kappa shape index (κ3) is 4.26. The van der Waals surface area contributed by atoms with Crippen LogP contribution in [-0.2, 0) is 0 Å². The standard InChI is InChI=1S/C18H12Cl2FN3O/c19-14-2-1-3-15(17(14)20)23-13-8-9-16(22-10-13)18(25)24-12-6-4-11(21)5-7-12/h1-10,23H,(H,24,25). The van der Waals surface area contributed by atoms with Gasteiger partial charge in [-0.1, -0.05) is 29.3 Å². The Morgan fingerprint density at radius 1 is 0.960 bits per heavy atom. The summed E-state index contributed by atoms with van der Waals surface area (Å²) in [4.78, 5) is 16.3. The summed E-state index contributed by atoms with van der Waals surface area (Å²) in [7, 11) is 0. The Kier molecular flexibility index (Phi) is 5.16. The fourth-order valence-electron chi connectivity index (χ4n) is 2.09. The topological polar surface area (TPSA) is 54.0 Å². The van der Waals surface area contributed by atoms with Crippen molar-refractivity contribution in [1.29, 1.82) is 0 Å². The van der Waals surface area contributed by atoms with Gasteiger partial charge in [-0.25, -0.2) is 9.37 Å². The number of hydrogen-bond donors (Lipinski definition) is 2. The zero-order valence-electron chi connectivity index (χ0n) is 12.8. The van der Waals surface area contributed by atoms with Crippen molar-refractivity contribution < 1.29 is 9.18 Å². The number of nitrogens with zero attached hydrogens (tertiary/aromatic N) is 1. The van der Waals surface area contributed by atoms with Crippen molar-refractivity contribution in [2.75, 3.05) is 10.6 Å². The molecule has 1 aromatic heterocycles. The third-order valence-electron chi connectivity index (χ3n) is 3.33. The molecule has 4 nitrogen and oxygen atoms in total. The number of pyridine rings is 1. The first-order chi connectivity index (χ1) is 12.0. The minimum Gasteiger partial charge on any atom is -0.353 e. The molecule has 3 aromatic rings. The molecule has 0 atom stereocenters. The van der Waals surface area contributed by atoms with Crippen LogP contribution in [0, 0.1) is 5.82 Å². The van der Waals surface area contributed by atoms with Crippen LogP contribution in [-0.4, -0.2) is 10.9 Å². The molecule has 0 unspecified atom stereocenters. The average molecular weight is 376 g/mol. The Labute approximate surface area is 153 Å². The summed E-state index contributed by atoms with van der Waals surface area (Å²) < 4.78 is 12.9. The largest absolute Gasteiger partial charge is 0.353 e. The molecule has 2 aromatic carbocycles. The smallest absolute Gasteiger partial charge is 0.274 e. The van der Waals surface area contributed by atoms with Gasteiger partial charge in [-0.05, 0) is 48.5 Å². The Balaban J connectivity index is 1.70. The Hall–Kier alpha value is -2.63. The molecule has 1 heterocycles. The second kappa shape index (κ2) is 7.51. The zero-order valence-corrected chi connectivity index (χ0v) is 14.3. The molecule has 0 saturated heterocycles. The second-order valence-electron chi connectivity index (χ2n) is 5.12. The lowest BCUT2D eigenvalue weighted by Crippen LogP contribution is -2.13. The highest BCUT2D eigenvalue weighted by Crippen LogP contribution is 2.31. The van der Waals surface area contributed by atoms with Crippen LogP contribution < -0.4 is 10.6 Å². The van der Waals surface area contributed by atoms with E-state index in [1.54, 1.807) is 30.3 Å². The van der Waals surface area contributed by atoms with Crippen LogP contribution in [0.15, 0.2) is 60.8 Å². The number of amides is 1. The maximum atomic E-state index is 12.9. The minimum absolute atomic E-state index is 0.229. The van der Waals surface area contributed by atoms with E-state index in [1.165, 1.54) is 30.5 Å². The molecule has 3 rings (SSSR count). The molecule has 0 spiro atoms. The number of benzene rings is 2. The van der Waals surface area contributed by atoms with Gasteiger partial charge in [0.1, 0.15) is 11.5 Å². The number of rotatable bonds is 4. The predicted molar refractivity (Wildman–Crippen MR) is 98.3 cm³/mol. The number of halogens is 3. The van der Waals surface area contributed by atoms with E-state index in [9.17, 15) is 9.18 Å². The second-order valence-corrected chi connectivity index (χ2v) is 5.90. The highest BCUT2D eigenvalue weighted by Gasteiger charge is 2.09. The number of aromatic nitrogens is 1. The van der Waals surface area contributed by atoms with E-state index < -0.39 is 0 Å². The van der Waals surface area contributed by atoms with Gasteiger partial charge in [0.25, 0.3) is 5.91 Å². The van der Waals surface area contributed by atoms with Crippen molar-refractivity contribution in [3.63, 3.8) is 0 Å². The minimum atomic E-state index is -0.390. The van der Waals surface area contributed by atoms with Crippen LogP contribution in [0.5, 0.6) is 0 Å². The summed E-state index contributed by atoms with van der Waals surface area (Å²) in [5.41, 5.74) is 2.01. The van der Waals surface area contributed by atoms with Crippen molar-refractivity contribution in [3.05, 3.63) is 82.4 Å². The zero-order chi connectivity index (χ0) is 17.8. The van der Waals surface area contributed by atoms with E-state index in [2.05, 4.69) is 15.6 Å². The molecular weight excluding hydrogens is 364 g/mol. The van der Waals surface area contributed by atoms with Crippen LogP contribution >= 0.6 is 23.2 Å². The van der Waals surface area contributed by atoms with Gasteiger partial charge in [0.05, 0.1) is 27.6 Å². The molecule has 0 aliphatic rings. The monoisotopic (exact) mass is 375 g/mol. The lowest BCUT2D eigenvalue weighted by atomic mass is 10.2. The predicted octanol–water partition coefficient (Wildman–Crippen LogP) is 5.52. The Bertz CT molecular complexity index is 899. The molecule has 0 bridgehead atoms. The van der Waals surface area contributed by atoms with Gasteiger partial charge in [-0.3, -0.25) is 4.79 Å². The molecule has 25 heavy (non-hydrogen) atoms. The Morgan fingerprint density at radius 3 is 2.36 bits per heavy atom.